The standard InChI is InChI=1S/C12H18N2O4S2/c1-4-20(17,18)14-12(16)10-7-5-9(6-8-10)11(15)13-19(2)3/h5-8,19H,4H2,1-3H3,(H,13,15)(H,14,16). The van der Waals surface area contributed by atoms with Gasteiger partial charge in [0.25, 0.3) is 11.8 Å². The van der Waals surface area contributed by atoms with Gasteiger partial charge in [-0.15, -0.1) is 0 Å². The highest BCUT2D eigenvalue weighted by Crippen LogP contribution is 2.10. The first-order valence-corrected chi connectivity index (χ1v) is 9.77. The van der Waals surface area contributed by atoms with E-state index in [0.717, 1.165) is 0 Å². The van der Waals surface area contributed by atoms with Gasteiger partial charge in [0.05, 0.1) is 5.75 Å². The number of carbonyl (C=O) groups excluding carboxylic acids is 2. The van der Waals surface area contributed by atoms with E-state index in [1.54, 1.807) is 0 Å². The Bertz CT molecular complexity index is 594. The van der Waals surface area contributed by atoms with Crippen molar-refractivity contribution in [2.45, 2.75) is 6.92 Å². The summed E-state index contributed by atoms with van der Waals surface area (Å²) >= 11 is -0.563. The van der Waals surface area contributed by atoms with Crippen LogP contribution in [0, 0.1) is 0 Å². The molecule has 2 N–H and O–H groups in total. The second-order valence-electron chi connectivity index (χ2n) is 4.25. The molecule has 0 fully saturated rings. The van der Waals surface area contributed by atoms with Crippen LogP contribution in [-0.4, -0.2) is 38.5 Å². The third kappa shape index (κ3) is 4.86. The number of nitrogens with one attached hydrogen (secondary N) is 2. The quantitative estimate of drug-likeness (QED) is 0.696. The van der Waals surface area contributed by atoms with Gasteiger partial charge in [0, 0.05) is 11.1 Å². The van der Waals surface area contributed by atoms with Crippen LogP contribution < -0.4 is 9.44 Å². The summed E-state index contributed by atoms with van der Waals surface area (Å²) in [6, 6.07) is 5.81. The normalized spacial score (nSPS) is 11.7. The third-order valence-corrected chi connectivity index (χ3v) is 4.27. The van der Waals surface area contributed by atoms with E-state index in [0.29, 0.717) is 5.56 Å². The van der Waals surface area contributed by atoms with Crippen LogP contribution in [0.1, 0.15) is 27.6 Å². The molecule has 0 spiro atoms. The van der Waals surface area contributed by atoms with Gasteiger partial charge in [0.1, 0.15) is 0 Å². The molecule has 20 heavy (non-hydrogen) atoms. The zero-order chi connectivity index (χ0) is 15.3. The Kier molecular flexibility index (Phi) is 5.58. The van der Waals surface area contributed by atoms with Crippen molar-refractivity contribution in [1.29, 1.82) is 0 Å². The lowest BCUT2D eigenvalue weighted by Gasteiger charge is -2.12. The summed E-state index contributed by atoms with van der Waals surface area (Å²) in [7, 11) is -3.59. The fraction of sp³-hybridized carbons (Fsp3) is 0.333. The maximum absolute atomic E-state index is 11.7. The summed E-state index contributed by atoms with van der Waals surface area (Å²) in [5, 5.41) is 0. The van der Waals surface area contributed by atoms with Crippen LogP contribution in [0.5, 0.6) is 0 Å². The SMILES string of the molecule is CCS(=O)(=O)NC(=O)c1ccc(C(=O)N[SH](C)C)cc1. The highest BCUT2D eigenvalue weighted by atomic mass is 32.2. The molecule has 0 aliphatic heterocycles. The minimum absolute atomic E-state index is 0.171. The first kappa shape index (κ1) is 16.5. The molecule has 0 bridgehead atoms. The van der Waals surface area contributed by atoms with Crippen molar-refractivity contribution in [3.63, 3.8) is 0 Å². The van der Waals surface area contributed by atoms with Gasteiger partial charge in [0.2, 0.25) is 10.0 Å². The molecule has 0 saturated carbocycles. The zero-order valence-corrected chi connectivity index (χ0v) is 13.2. The second kappa shape index (κ2) is 6.76. The maximum Gasteiger partial charge on any atom is 0.264 e. The molecule has 0 aliphatic rings. The monoisotopic (exact) mass is 318 g/mol. The van der Waals surface area contributed by atoms with E-state index < -0.39 is 27.0 Å². The molecule has 0 atom stereocenters. The molecule has 1 aromatic carbocycles. The fourth-order valence-corrected chi connectivity index (χ4v) is 2.39. The number of thiol groups is 1. The lowest BCUT2D eigenvalue weighted by atomic mass is 10.1. The van der Waals surface area contributed by atoms with Crippen molar-refractivity contribution in [3.8, 4) is 0 Å². The second-order valence-corrected chi connectivity index (χ2v) is 8.27. The summed E-state index contributed by atoms with van der Waals surface area (Å²) in [6.07, 6.45) is 3.81. The van der Waals surface area contributed by atoms with Crippen molar-refractivity contribution < 1.29 is 18.0 Å². The van der Waals surface area contributed by atoms with E-state index in [4.69, 9.17) is 0 Å². The molecular formula is C12H18N2O4S2. The van der Waals surface area contributed by atoms with Crippen molar-refractivity contribution in [2.75, 3.05) is 18.3 Å². The van der Waals surface area contributed by atoms with E-state index >= 15 is 0 Å². The van der Waals surface area contributed by atoms with Gasteiger partial charge in [-0.25, -0.2) is 13.1 Å². The van der Waals surface area contributed by atoms with E-state index in [2.05, 4.69) is 4.72 Å². The fourth-order valence-electron chi connectivity index (χ4n) is 1.31. The molecule has 8 heteroatoms. The average Bonchev–Trinajstić information content (AvgIpc) is 2.37. The Morgan fingerprint density at radius 1 is 1.05 bits per heavy atom. The first-order valence-electron chi connectivity index (χ1n) is 5.88. The van der Waals surface area contributed by atoms with Crippen LogP contribution in [-0.2, 0) is 10.0 Å². The largest absolute Gasteiger partial charge is 0.317 e. The maximum atomic E-state index is 11.7. The number of rotatable bonds is 5. The lowest BCUT2D eigenvalue weighted by Crippen LogP contribution is -2.31. The minimum Gasteiger partial charge on any atom is -0.317 e. The molecule has 6 nitrogen and oxygen atoms in total. The summed E-state index contributed by atoms with van der Waals surface area (Å²) in [5.74, 6) is -1.09. The Morgan fingerprint density at radius 2 is 1.50 bits per heavy atom. The van der Waals surface area contributed by atoms with E-state index in [9.17, 15) is 18.0 Å². The molecule has 1 rings (SSSR count). The summed E-state index contributed by atoms with van der Waals surface area (Å²) in [5.41, 5.74) is 0.616. The van der Waals surface area contributed by atoms with Gasteiger partial charge in [-0.2, -0.15) is 11.1 Å². The molecule has 0 aliphatic carbocycles. The van der Waals surface area contributed by atoms with Gasteiger partial charge in [-0.1, -0.05) is 0 Å². The Labute approximate surface area is 121 Å². The van der Waals surface area contributed by atoms with Crippen LogP contribution in [0.15, 0.2) is 24.3 Å². The number of amides is 2. The van der Waals surface area contributed by atoms with Crippen molar-refractivity contribution in [1.82, 2.24) is 9.44 Å². The van der Waals surface area contributed by atoms with Crippen molar-refractivity contribution in [3.05, 3.63) is 35.4 Å². The van der Waals surface area contributed by atoms with Gasteiger partial charge < -0.3 is 4.72 Å². The minimum atomic E-state index is -3.59. The van der Waals surface area contributed by atoms with E-state index in [1.165, 1.54) is 31.2 Å². The average molecular weight is 318 g/mol. The lowest BCUT2D eigenvalue weighted by molar-refractivity contribution is 0.0970. The van der Waals surface area contributed by atoms with Gasteiger partial charge >= 0.3 is 0 Å². The number of benzene rings is 1. The molecule has 1 aromatic rings. The number of sulfonamides is 1. The Morgan fingerprint density at radius 3 is 1.90 bits per heavy atom. The first-order chi connectivity index (χ1) is 9.25. The van der Waals surface area contributed by atoms with Crippen LogP contribution in [0.25, 0.3) is 0 Å². The van der Waals surface area contributed by atoms with E-state index in [1.807, 2.05) is 17.2 Å². The topological polar surface area (TPSA) is 92.3 Å². The van der Waals surface area contributed by atoms with Crippen LogP contribution >= 0.6 is 11.1 Å². The molecule has 0 aromatic heterocycles. The highest BCUT2D eigenvalue weighted by Gasteiger charge is 2.14. The number of hydrogen-bond acceptors (Lipinski definition) is 4. The zero-order valence-electron chi connectivity index (χ0n) is 11.5. The smallest absolute Gasteiger partial charge is 0.264 e. The van der Waals surface area contributed by atoms with Crippen LogP contribution in [0.4, 0.5) is 0 Å². The molecular weight excluding hydrogens is 300 g/mol. The highest BCUT2D eigenvalue weighted by molar-refractivity contribution is 8.14. The van der Waals surface area contributed by atoms with Gasteiger partial charge in [0.15, 0.2) is 0 Å². The Hall–Kier alpha value is -1.54. The van der Waals surface area contributed by atoms with Crippen LogP contribution in [0.3, 0.4) is 0 Å². The predicted octanol–water partition coefficient (Wildman–Crippen LogP) is 0.672. The predicted molar refractivity (Wildman–Crippen MR) is 81.7 cm³/mol. The summed E-state index contributed by atoms with van der Waals surface area (Å²) in [4.78, 5) is 23.4. The third-order valence-electron chi connectivity index (χ3n) is 2.36. The molecule has 0 heterocycles. The van der Waals surface area contributed by atoms with Crippen molar-refractivity contribution >= 4 is 32.9 Å². The number of carbonyl (C=O) groups is 2. The molecule has 2 amide bonds. The van der Waals surface area contributed by atoms with Crippen molar-refractivity contribution in [2.24, 2.45) is 0 Å². The Balaban J connectivity index is 2.81. The van der Waals surface area contributed by atoms with Gasteiger partial charge in [-0.3, -0.25) is 9.59 Å². The summed E-state index contributed by atoms with van der Waals surface area (Å²) < 4.78 is 27.3. The summed E-state index contributed by atoms with van der Waals surface area (Å²) in [6.45, 7) is 1.44. The molecule has 112 valence electrons. The molecule has 0 radical (unpaired) electrons. The molecule has 0 unspecified atom stereocenters. The number of hydrogen-bond donors (Lipinski definition) is 3. The van der Waals surface area contributed by atoms with Gasteiger partial charge in [-0.05, 0) is 43.7 Å². The molecule has 0 saturated heterocycles. The van der Waals surface area contributed by atoms with E-state index in [-0.39, 0.29) is 17.2 Å². The van der Waals surface area contributed by atoms with Crippen LogP contribution in [0.2, 0.25) is 0 Å².